The van der Waals surface area contributed by atoms with Crippen molar-refractivity contribution in [2.24, 2.45) is 0 Å². The van der Waals surface area contributed by atoms with Crippen LogP contribution in [0.25, 0.3) is 0 Å². The first-order valence-electron chi connectivity index (χ1n) is 6.06. The molecule has 0 aliphatic heterocycles. The minimum Gasteiger partial charge on any atom is -0.497 e. The quantitative estimate of drug-likeness (QED) is 0.625. The average Bonchev–Trinajstić information content (AvgIpc) is 2.26. The van der Waals surface area contributed by atoms with Gasteiger partial charge in [-0.05, 0) is 38.5 Å². The van der Waals surface area contributed by atoms with Crippen LogP contribution in [0.5, 0.6) is 5.75 Å². The van der Waals surface area contributed by atoms with Crippen molar-refractivity contribution in [3.63, 3.8) is 0 Å². The summed E-state index contributed by atoms with van der Waals surface area (Å²) in [5.74, 6) is 0.750. The van der Waals surface area contributed by atoms with E-state index in [0.717, 1.165) is 11.3 Å². The molecule has 0 atom stereocenters. The van der Waals surface area contributed by atoms with Crippen molar-refractivity contribution >= 4 is 5.69 Å². The highest BCUT2D eigenvalue weighted by atomic mass is 16.5. The number of rotatable bonds is 6. The number of nitrogen functional groups attached to an aromatic ring is 1. The van der Waals surface area contributed by atoms with Crippen LogP contribution >= 0.6 is 0 Å². The number of hydrogen-bond acceptors (Lipinski definition) is 4. The summed E-state index contributed by atoms with van der Waals surface area (Å²) < 4.78 is 16.2. The third kappa shape index (κ3) is 5.89. The smallest absolute Gasteiger partial charge is 0.121 e. The van der Waals surface area contributed by atoms with Gasteiger partial charge in [-0.25, -0.2) is 0 Å². The highest BCUT2D eigenvalue weighted by Gasteiger charge is 2.09. The molecule has 18 heavy (non-hydrogen) atoms. The lowest BCUT2D eigenvalue weighted by molar-refractivity contribution is -0.0376. The molecule has 0 spiro atoms. The molecule has 0 amide bonds. The maximum absolute atomic E-state index is 5.76. The summed E-state index contributed by atoms with van der Waals surface area (Å²) in [4.78, 5) is 0. The Labute approximate surface area is 109 Å². The Hall–Kier alpha value is -1.26. The van der Waals surface area contributed by atoms with Gasteiger partial charge >= 0.3 is 0 Å². The molecule has 1 aromatic carbocycles. The molecule has 1 aromatic rings. The highest BCUT2D eigenvalue weighted by Crippen LogP contribution is 2.19. The number of nitrogens with two attached hydrogens (primary N) is 1. The normalized spacial score (nSPS) is 11.6. The maximum atomic E-state index is 5.76. The minimum atomic E-state index is -0.121. The van der Waals surface area contributed by atoms with Gasteiger partial charge in [0, 0.05) is 11.8 Å². The number of methoxy groups -OCH3 is 1. The first-order chi connectivity index (χ1) is 8.40. The van der Waals surface area contributed by atoms with Crippen molar-refractivity contribution in [3.8, 4) is 5.75 Å². The lowest BCUT2D eigenvalue weighted by Gasteiger charge is -2.19. The van der Waals surface area contributed by atoms with E-state index >= 15 is 0 Å². The molecule has 0 saturated heterocycles. The third-order valence-electron chi connectivity index (χ3n) is 2.26. The number of benzene rings is 1. The number of ether oxygens (including phenoxy) is 3. The minimum absolute atomic E-state index is 0.121. The molecular weight excluding hydrogens is 230 g/mol. The van der Waals surface area contributed by atoms with Gasteiger partial charge in [-0.2, -0.15) is 0 Å². The largest absolute Gasteiger partial charge is 0.497 e. The van der Waals surface area contributed by atoms with E-state index in [1.54, 1.807) is 13.2 Å². The molecule has 0 bridgehead atoms. The molecule has 102 valence electrons. The third-order valence-corrected chi connectivity index (χ3v) is 2.26. The Morgan fingerprint density at radius 2 is 1.83 bits per heavy atom. The molecule has 0 saturated carbocycles. The Kier molecular flexibility index (Phi) is 5.44. The standard InChI is InChI=1S/C14H23NO3/c1-14(2,3)18-6-5-17-10-11-7-12(15)9-13(8-11)16-4/h7-9H,5-6,10,15H2,1-4H3. The molecule has 0 radical (unpaired) electrons. The van der Waals surface area contributed by atoms with E-state index in [-0.39, 0.29) is 5.60 Å². The molecule has 2 N–H and O–H groups in total. The molecule has 1 rings (SSSR count). The second-order valence-corrected chi connectivity index (χ2v) is 5.13. The monoisotopic (exact) mass is 253 g/mol. The van der Waals surface area contributed by atoms with Crippen molar-refractivity contribution in [2.45, 2.75) is 33.0 Å². The number of anilines is 1. The first kappa shape index (κ1) is 14.8. The van der Waals surface area contributed by atoms with Crippen LogP contribution in [0.1, 0.15) is 26.3 Å². The summed E-state index contributed by atoms with van der Waals surface area (Å²) in [6.07, 6.45) is 0. The zero-order valence-electron chi connectivity index (χ0n) is 11.7. The summed E-state index contributed by atoms with van der Waals surface area (Å²) >= 11 is 0. The molecule has 4 heteroatoms. The summed E-state index contributed by atoms with van der Waals surface area (Å²) in [7, 11) is 1.62. The Balaban J connectivity index is 2.33. The van der Waals surface area contributed by atoms with Crippen LogP contribution in [-0.4, -0.2) is 25.9 Å². The molecule has 0 unspecified atom stereocenters. The fourth-order valence-electron chi connectivity index (χ4n) is 1.48. The zero-order chi connectivity index (χ0) is 13.6. The topological polar surface area (TPSA) is 53.7 Å². The van der Waals surface area contributed by atoms with E-state index in [9.17, 15) is 0 Å². The van der Waals surface area contributed by atoms with E-state index in [4.69, 9.17) is 19.9 Å². The maximum Gasteiger partial charge on any atom is 0.121 e. The van der Waals surface area contributed by atoms with E-state index in [0.29, 0.717) is 25.5 Å². The van der Waals surface area contributed by atoms with Crippen LogP contribution in [0, 0.1) is 0 Å². The van der Waals surface area contributed by atoms with Crippen molar-refractivity contribution in [1.29, 1.82) is 0 Å². The molecule has 0 aliphatic carbocycles. The average molecular weight is 253 g/mol. The van der Waals surface area contributed by atoms with Crippen LogP contribution in [0.3, 0.4) is 0 Å². The van der Waals surface area contributed by atoms with Crippen molar-refractivity contribution in [3.05, 3.63) is 23.8 Å². The highest BCUT2D eigenvalue weighted by molar-refractivity contribution is 5.47. The summed E-state index contributed by atoms with van der Waals surface area (Å²) in [6.45, 7) is 7.73. The molecule has 4 nitrogen and oxygen atoms in total. The molecular formula is C14H23NO3. The first-order valence-corrected chi connectivity index (χ1v) is 6.06. The molecule has 0 fully saturated rings. The van der Waals surface area contributed by atoms with Gasteiger partial charge in [0.25, 0.3) is 0 Å². The SMILES string of the molecule is COc1cc(N)cc(COCCOC(C)(C)C)c1. The fraction of sp³-hybridized carbons (Fsp3) is 0.571. The molecule has 0 heterocycles. The van der Waals surface area contributed by atoms with Gasteiger partial charge in [0.2, 0.25) is 0 Å². The van der Waals surface area contributed by atoms with Gasteiger partial charge < -0.3 is 19.9 Å². The van der Waals surface area contributed by atoms with E-state index in [1.165, 1.54) is 0 Å². The zero-order valence-corrected chi connectivity index (χ0v) is 11.7. The van der Waals surface area contributed by atoms with Crippen LogP contribution < -0.4 is 10.5 Å². The van der Waals surface area contributed by atoms with E-state index in [1.807, 2.05) is 32.9 Å². The summed E-state index contributed by atoms with van der Waals surface area (Å²) in [6, 6.07) is 5.58. The Morgan fingerprint density at radius 3 is 2.44 bits per heavy atom. The van der Waals surface area contributed by atoms with Crippen LogP contribution in [0.15, 0.2) is 18.2 Å². The van der Waals surface area contributed by atoms with Crippen LogP contribution in [-0.2, 0) is 16.1 Å². The van der Waals surface area contributed by atoms with Gasteiger partial charge in [-0.1, -0.05) is 0 Å². The Bertz CT molecular complexity index is 372. The predicted molar refractivity (Wildman–Crippen MR) is 72.8 cm³/mol. The van der Waals surface area contributed by atoms with Crippen molar-refractivity contribution in [1.82, 2.24) is 0 Å². The number of hydrogen-bond donors (Lipinski definition) is 1. The van der Waals surface area contributed by atoms with E-state index in [2.05, 4.69) is 0 Å². The molecule has 0 aromatic heterocycles. The second-order valence-electron chi connectivity index (χ2n) is 5.13. The Morgan fingerprint density at radius 1 is 1.11 bits per heavy atom. The predicted octanol–water partition coefficient (Wildman–Crippen LogP) is 2.61. The lowest BCUT2D eigenvalue weighted by atomic mass is 10.2. The van der Waals surface area contributed by atoms with Crippen LogP contribution in [0.2, 0.25) is 0 Å². The van der Waals surface area contributed by atoms with Gasteiger partial charge in [0.15, 0.2) is 0 Å². The van der Waals surface area contributed by atoms with Gasteiger partial charge in [0.1, 0.15) is 5.75 Å². The molecule has 0 aliphatic rings. The van der Waals surface area contributed by atoms with Crippen molar-refractivity contribution in [2.75, 3.05) is 26.1 Å². The summed E-state index contributed by atoms with van der Waals surface area (Å²) in [5, 5.41) is 0. The second kappa shape index (κ2) is 6.61. The lowest BCUT2D eigenvalue weighted by Crippen LogP contribution is -2.21. The van der Waals surface area contributed by atoms with Crippen molar-refractivity contribution < 1.29 is 14.2 Å². The summed E-state index contributed by atoms with van der Waals surface area (Å²) in [5.41, 5.74) is 7.32. The van der Waals surface area contributed by atoms with Crippen LogP contribution in [0.4, 0.5) is 5.69 Å². The van der Waals surface area contributed by atoms with Gasteiger partial charge in [0.05, 0.1) is 32.5 Å². The van der Waals surface area contributed by atoms with Gasteiger partial charge in [-0.15, -0.1) is 0 Å². The fourth-order valence-corrected chi connectivity index (χ4v) is 1.48. The van der Waals surface area contributed by atoms with E-state index < -0.39 is 0 Å². The van der Waals surface area contributed by atoms with Gasteiger partial charge in [-0.3, -0.25) is 0 Å².